The van der Waals surface area contributed by atoms with Crippen LogP contribution in [0, 0.1) is 0 Å². The summed E-state index contributed by atoms with van der Waals surface area (Å²) in [5.41, 5.74) is 2.41. The van der Waals surface area contributed by atoms with E-state index < -0.39 is 0 Å². The minimum absolute atomic E-state index is 0.757. The number of hydrogen-bond donors (Lipinski definition) is 0. The Morgan fingerprint density at radius 1 is 0.882 bits per heavy atom. The molecule has 3 heteroatoms. The quantitative estimate of drug-likeness (QED) is 0.574. The van der Waals surface area contributed by atoms with Crippen molar-refractivity contribution >= 4 is 45.0 Å². The summed E-state index contributed by atoms with van der Waals surface area (Å²) < 4.78 is 2.28. The van der Waals surface area contributed by atoms with Gasteiger partial charge >= 0.3 is 0 Å². The van der Waals surface area contributed by atoms with Crippen LogP contribution < -0.4 is 0 Å². The highest BCUT2D eigenvalue weighted by Crippen LogP contribution is 2.32. The fourth-order valence-corrected chi connectivity index (χ4v) is 2.73. The summed E-state index contributed by atoms with van der Waals surface area (Å²) in [6.45, 7) is 3.07. The fraction of sp³-hybridized carbons (Fsp3) is 0.143. The molecule has 0 saturated heterocycles. The zero-order valence-corrected chi connectivity index (χ0v) is 10.9. The van der Waals surface area contributed by atoms with Gasteiger partial charge in [0.2, 0.25) is 0 Å². The maximum atomic E-state index is 6.07. The minimum atomic E-state index is 0.757. The zero-order valence-electron chi connectivity index (χ0n) is 9.37. The first-order valence-electron chi connectivity index (χ1n) is 5.57. The van der Waals surface area contributed by atoms with Crippen molar-refractivity contribution in [3.63, 3.8) is 0 Å². The first-order valence-corrected chi connectivity index (χ1v) is 6.33. The van der Waals surface area contributed by atoms with Crippen molar-refractivity contribution < 1.29 is 0 Å². The van der Waals surface area contributed by atoms with Gasteiger partial charge in [0, 0.05) is 38.4 Å². The molecule has 2 aromatic carbocycles. The van der Waals surface area contributed by atoms with E-state index in [0.717, 1.165) is 27.4 Å². The Labute approximate surface area is 110 Å². The highest BCUT2D eigenvalue weighted by Gasteiger charge is 2.09. The molecule has 0 atom stereocenters. The van der Waals surface area contributed by atoms with Crippen LogP contribution in [0.5, 0.6) is 0 Å². The van der Waals surface area contributed by atoms with E-state index in [4.69, 9.17) is 23.2 Å². The summed E-state index contributed by atoms with van der Waals surface area (Å²) >= 11 is 12.1. The molecule has 1 nitrogen and oxygen atoms in total. The number of fused-ring (bicyclic) bond motifs is 3. The molecule has 3 aromatic rings. The Morgan fingerprint density at radius 2 is 1.35 bits per heavy atom. The van der Waals surface area contributed by atoms with Gasteiger partial charge in [0.05, 0.1) is 0 Å². The average molecular weight is 264 g/mol. The van der Waals surface area contributed by atoms with E-state index in [1.165, 1.54) is 11.0 Å². The summed E-state index contributed by atoms with van der Waals surface area (Å²) in [6.07, 6.45) is 0. The monoisotopic (exact) mass is 263 g/mol. The van der Waals surface area contributed by atoms with Gasteiger partial charge in [0.15, 0.2) is 0 Å². The molecule has 0 radical (unpaired) electrons. The molecule has 0 aliphatic rings. The van der Waals surface area contributed by atoms with Crippen LogP contribution in [-0.2, 0) is 6.54 Å². The van der Waals surface area contributed by atoms with E-state index in [2.05, 4.69) is 23.6 Å². The van der Waals surface area contributed by atoms with Crippen molar-refractivity contribution in [3.8, 4) is 0 Å². The summed E-state index contributed by atoms with van der Waals surface area (Å²) in [5.74, 6) is 0. The molecule has 0 bridgehead atoms. The van der Waals surface area contributed by atoms with Gasteiger partial charge in [-0.05, 0) is 43.3 Å². The van der Waals surface area contributed by atoms with Crippen molar-refractivity contribution in [1.82, 2.24) is 4.57 Å². The molecule has 1 aromatic heterocycles. The second kappa shape index (κ2) is 3.94. The first-order chi connectivity index (χ1) is 8.20. The van der Waals surface area contributed by atoms with E-state index in [-0.39, 0.29) is 0 Å². The standard InChI is InChI=1S/C14H11Cl2N/c1-2-17-13-5-3-9(15)7-11(13)12-8-10(16)4-6-14(12)17/h3-8H,2H2,1H3. The van der Waals surface area contributed by atoms with Gasteiger partial charge < -0.3 is 4.57 Å². The minimum Gasteiger partial charge on any atom is -0.341 e. The number of halogens is 2. The molecular weight excluding hydrogens is 253 g/mol. The fourth-order valence-electron chi connectivity index (χ4n) is 2.39. The largest absolute Gasteiger partial charge is 0.341 e. The second-order valence-electron chi connectivity index (χ2n) is 4.07. The van der Waals surface area contributed by atoms with Crippen molar-refractivity contribution in [2.45, 2.75) is 13.5 Å². The molecule has 0 amide bonds. The summed E-state index contributed by atoms with van der Waals surface area (Å²) in [6, 6.07) is 12.0. The zero-order chi connectivity index (χ0) is 12.0. The molecule has 0 aliphatic carbocycles. The number of hydrogen-bond acceptors (Lipinski definition) is 0. The lowest BCUT2D eigenvalue weighted by molar-refractivity contribution is 0.827. The van der Waals surface area contributed by atoms with Gasteiger partial charge in [-0.15, -0.1) is 0 Å². The van der Waals surface area contributed by atoms with Crippen LogP contribution in [0.3, 0.4) is 0 Å². The Kier molecular flexibility index (Phi) is 2.53. The number of aromatic nitrogens is 1. The van der Waals surface area contributed by atoms with Crippen LogP contribution in [0.4, 0.5) is 0 Å². The van der Waals surface area contributed by atoms with E-state index >= 15 is 0 Å². The normalized spacial score (nSPS) is 11.5. The first kappa shape index (κ1) is 10.9. The van der Waals surface area contributed by atoms with E-state index in [0.29, 0.717) is 0 Å². The molecule has 1 heterocycles. The molecule has 86 valence electrons. The number of benzene rings is 2. The predicted molar refractivity (Wildman–Crippen MR) is 75.1 cm³/mol. The predicted octanol–water partition coefficient (Wildman–Crippen LogP) is 5.12. The van der Waals surface area contributed by atoms with Gasteiger partial charge in [-0.25, -0.2) is 0 Å². The van der Waals surface area contributed by atoms with Crippen molar-refractivity contribution in [2.24, 2.45) is 0 Å². The maximum absolute atomic E-state index is 6.07. The van der Waals surface area contributed by atoms with E-state index in [1.807, 2.05) is 24.3 Å². The summed E-state index contributed by atoms with van der Waals surface area (Å²) in [7, 11) is 0. The molecule has 0 fully saturated rings. The second-order valence-corrected chi connectivity index (χ2v) is 4.94. The third kappa shape index (κ3) is 1.62. The van der Waals surface area contributed by atoms with E-state index in [1.54, 1.807) is 0 Å². The smallest absolute Gasteiger partial charge is 0.0492 e. The Morgan fingerprint density at radius 3 is 1.76 bits per heavy atom. The number of aryl methyl sites for hydroxylation is 1. The van der Waals surface area contributed by atoms with Gasteiger partial charge in [0.1, 0.15) is 0 Å². The van der Waals surface area contributed by atoms with E-state index in [9.17, 15) is 0 Å². The van der Waals surface area contributed by atoms with Crippen LogP contribution >= 0.6 is 23.2 Å². The lowest BCUT2D eigenvalue weighted by Gasteiger charge is -2.02. The summed E-state index contributed by atoms with van der Waals surface area (Å²) in [5, 5.41) is 3.84. The summed E-state index contributed by atoms with van der Waals surface area (Å²) in [4.78, 5) is 0. The van der Waals surface area contributed by atoms with Crippen LogP contribution in [0.1, 0.15) is 6.92 Å². The van der Waals surface area contributed by atoms with Crippen LogP contribution in [0.2, 0.25) is 10.0 Å². The molecule has 0 aliphatic heterocycles. The highest BCUT2D eigenvalue weighted by molar-refractivity contribution is 6.33. The Balaban J connectivity index is 2.57. The highest BCUT2D eigenvalue weighted by atomic mass is 35.5. The molecule has 0 spiro atoms. The number of rotatable bonds is 1. The maximum Gasteiger partial charge on any atom is 0.0492 e. The lowest BCUT2D eigenvalue weighted by Crippen LogP contribution is -1.92. The van der Waals surface area contributed by atoms with Crippen molar-refractivity contribution in [2.75, 3.05) is 0 Å². The SMILES string of the molecule is CCn1c2ccc(Cl)cc2c2cc(Cl)ccc21. The third-order valence-corrected chi connectivity index (χ3v) is 3.58. The topological polar surface area (TPSA) is 4.93 Å². The Bertz CT molecular complexity index is 654. The molecule has 3 rings (SSSR count). The molecule has 0 unspecified atom stereocenters. The Hall–Kier alpha value is -1.18. The van der Waals surface area contributed by atoms with Crippen molar-refractivity contribution in [1.29, 1.82) is 0 Å². The third-order valence-electron chi connectivity index (χ3n) is 3.11. The van der Waals surface area contributed by atoms with Crippen LogP contribution in [0.25, 0.3) is 21.8 Å². The lowest BCUT2D eigenvalue weighted by atomic mass is 10.1. The van der Waals surface area contributed by atoms with Crippen molar-refractivity contribution in [3.05, 3.63) is 46.4 Å². The average Bonchev–Trinajstić information content (AvgIpc) is 2.62. The van der Waals surface area contributed by atoms with Gasteiger partial charge in [-0.3, -0.25) is 0 Å². The van der Waals surface area contributed by atoms with Gasteiger partial charge in [-0.2, -0.15) is 0 Å². The van der Waals surface area contributed by atoms with Gasteiger partial charge in [-0.1, -0.05) is 23.2 Å². The molecule has 0 N–H and O–H groups in total. The molecular formula is C14H11Cl2N. The number of nitrogens with zero attached hydrogens (tertiary/aromatic N) is 1. The molecule has 17 heavy (non-hydrogen) atoms. The van der Waals surface area contributed by atoms with Gasteiger partial charge in [0.25, 0.3) is 0 Å². The van der Waals surface area contributed by atoms with Crippen LogP contribution in [-0.4, -0.2) is 4.57 Å². The molecule has 0 saturated carbocycles. The van der Waals surface area contributed by atoms with Crippen LogP contribution in [0.15, 0.2) is 36.4 Å².